The number of halogens is 3. The van der Waals surface area contributed by atoms with Gasteiger partial charge in [-0.1, -0.05) is 17.7 Å². The molecule has 1 amide bonds. The van der Waals surface area contributed by atoms with Gasteiger partial charge in [0, 0.05) is 44.7 Å². The van der Waals surface area contributed by atoms with Crippen LogP contribution < -0.4 is 5.73 Å². The zero-order chi connectivity index (χ0) is 23.5. The third-order valence-corrected chi connectivity index (χ3v) is 7.39. The van der Waals surface area contributed by atoms with Gasteiger partial charge in [0.1, 0.15) is 5.82 Å². The number of carbonyl (C=O) groups excluding carboxylic acids is 1. The quantitative estimate of drug-likeness (QED) is 0.660. The number of benzene rings is 2. The summed E-state index contributed by atoms with van der Waals surface area (Å²) in [5, 5.41) is 0. The molecule has 6 nitrogen and oxygen atoms in total. The largest absolute Gasteiger partial charge is 0.341 e. The minimum Gasteiger partial charge on any atom is -0.341 e. The van der Waals surface area contributed by atoms with E-state index in [9.17, 15) is 26.4 Å². The minimum atomic E-state index is -3.66. The van der Waals surface area contributed by atoms with Crippen LogP contribution in [-0.4, -0.2) is 55.8 Å². The molecule has 0 aliphatic carbocycles. The fraction of sp³-hybridized carbons (Fsp3) is 0.409. The number of nitrogens with two attached hydrogens (primary N) is 1. The molecule has 0 radical (unpaired) electrons. The molecule has 1 aliphatic rings. The first-order chi connectivity index (χ1) is 15.1. The van der Waals surface area contributed by atoms with Crippen molar-refractivity contribution in [3.63, 3.8) is 0 Å². The van der Waals surface area contributed by atoms with Crippen molar-refractivity contribution in [3.05, 3.63) is 65.0 Å². The van der Waals surface area contributed by atoms with Gasteiger partial charge < -0.3 is 10.6 Å². The fourth-order valence-corrected chi connectivity index (χ4v) is 5.14. The predicted octanol–water partition coefficient (Wildman–Crippen LogP) is 2.60. The van der Waals surface area contributed by atoms with Crippen LogP contribution in [0.15, 0.2) is 41.3 Å². The summed E-state index contributed by atoms with van der Waals surface area (Å²) in [6.07, 6.45) is 0.212. The molecule has 0 saturated carbocycles. The molecule has 1 atom stereocenters. The predicted molar refractivity (Wildman–Crippen MR) is 114 cm³/mol. The first-order valence-corrected chi connectivity index (χ1v) is 11.8. The average molecular weight is 470 g/mol. The Morgan fingerprint density at radius 1 is 1.00 bits per heavy atom. The Hall–Kier alpha value is -2.43. The van der Waals surface area contributed by atoms with Crippen molar-refractivity contribution in [1.29, 1.82) is 0 Å². The van der Waals surface area contributed by atoms with Gasteiger partial charge in [-0.05, 0) is 43.5 Å². The maximum Gasteiger partial charge on any atom is 0.243 e. The first kappa shape index (κ1) is 24.2. The van der Waals surface area contributed by atoms with Crippen LogP contribution >= 0.6 is 0 Å². The molecule has 32 heavy (non-hydrogen) atoms. The number of amides is 1. The maximum absolute atomic E-state index is 13.8. The number of rotatable bonds is 6. The lowest BCUT2D eigenvalue weighted by Crippen LogP contribution is -2.40. The Morgan fingerprint density at radius 2 is 1.66 bits per heavy atom. The van der Waals surface area contributed by atoms with Gasteiger partial charge in [-0.2, -0.15) is 4.31 Å². The molecule has 0 bridgehead atoms. The van der Waals surface area contributed by atoms with E-state index in [-0.39, 0.29) is 48.8 Å². The Bertz CT molecular complexity index is 1080. The van der Waals surface area contributed by atoms with Crippen molar-refractivity contribution in [3.8, 4) is 0 Å². The molecular weight excluding hydrogens is 443 g/mol. The van der Waals surface area contributed by atoms with Gasteiger partial charge in [0.15, 0.2) is 11.6 Å². The topological polar surface area (TPSA) is 83.7 Å². The van der Waals surface area contributed by atoms with Gasteiger partial charge in [-0.3, -0.25) is 4.79 Å². The molecule has 10 heteroatoms. The Balaban J connectivity index is 1.59. The van der Waals surface area contributed by atoms with Crippen molar-refractivity contribution in [2.24, 2.45) is 5.73 Å². The van der Waals surface area contributed by atoms with E-state index in [1.165, 1.54) is 9.21 Å². The minimum absolute atomic E-state index is 0.101. The molecular formula is C22H26F3N3O3S. The van der Waals surface area contributed by atoms with Gasteiger partial charge in [0.25, 0.3) is 0 Å². The molecule has 1 aliphatic heterocycles. The summed E-state index contributed by atoms with van der Waals surface area (Å²) >= 11 is 0. The van der Waals surface area contributed by atoms with E-state index in [4.69, 9.17) is 5.73 Å². The van der Waals surface area contributed by atoms with E-state index >= 15 is 0 Å². The van der Waals surface area contributed by atoms with E-state index < -0.39 is 33.5 Å². The molecule has 3 rings (SSSR count). The first-order valence-electron chi connectivity index (χ1n) is 10.3. The lowest BCUT2D eigenvalue weighted by molar-refractivity contribution is -0.131. The van der Waals surface area contributed by atoms with Crippen LogP contribution in [0.2, 0.25) is 0 Å². The van der Waals surface area contributed by atoms with Crippen molar-refractivity contribution >= 4 is 15.9 Å². The van der Waals surface area contributed by atoms with Crippen LogP contribution in [0.4, 0.5) is 13.2 Å². The molecule has 0 unspecified atom stereocenters. The fourth-order valence-electron chi connectivity index (χ4n) is 3.67. The smallest absolute Gasteiger partial charge is 0.243 e. The van der Waals surface area contributed by atoms with E-state index in [2.05, 4.69) is 0 Å². The number of carbonyl (C=O) groups is 1. The van der Waals surface area contributed by atoms with Gasteiger partial charge in [0.05, 0.1) is 4.90 Å². The summed E-state index contributed by atoms with van der Waals surface area (Å²) in [4.78, 5) is 14.4. The van der Waals surface area contributed by atoms with Crippen LogP contribution in [0.3, 0.4) is 0 Å². The standard InChI is InChI=1S/C22H26F3N3O3S/c1-15-3-5-18(6-4-15)32(30,31)28-8-2-7-27(9-10-28)22(29)13-17(26)11-16-12-20(24)21(25)14-19(16)23/h3-6,12,14,17H,2,7-11,13,26H2,1H3/t17-/m1/s1. The second-order valence-corrected chi connectivity index (χ2v) is 9.92. The molecule has 2 aromatic carbocycles. The normalized spacial score (nSPS) is 16.6. The zero-order valence-corrected chi connectivity index (χ0v) is 18.5. The van der Waals surface area contributed by atoms with E-state index in [0.29, 0.717) is 19.0 Å². The highest BCUT2D eigenvalue weighted by Gasteiger charge is 2.28. The monoisotopic (exact) mass is 469 g/mol. The SMILES string of the molecule is Cc1ccc(S(=O)(=O)N2CCCN(C(=O)C[C@H](N)Cc3cc(F)c(F)cc3F)CC2)cc1. The number of aryl methyl sites for hydroxylation is 1. The van der Waals surface area contributed by atoms with E-state index in [1.807, 2.05) is 6.92 Å². The highest BCUT2D eigenvalue weighted by molar-refractivity contribution is 7.89. The Kier molecular flexibility index (Phi) is 7.58. The molecule has 2 N–H and O–H groups in total. The zero-order valence-electron chi connectivity index (χ0n) is 17.7. The molecule has 1 heterocycles. The van der Waals surface area contributed by atoms with Crippen LogP contribution in [0.25, 0.3) is 0 Å². The van der Waals surface area contributed by atoms with Crippen molar-refractivity contribution in [1.82, 2.24) is 9.21 Å². The molecule has 1 fully saturated rings. The van der Waals surface area contributed by atoms with Gasteiger partial charge in [-0.15, -0.1) is 0 Å². The average Bonchev–Trinajstić information content (AvgIpc) is 2.99. The third kappa shape index (κ3) is 5.67. The number of nitrogens with zero attached hydrogens (tertiary/aromatic N) is 2. The van der Waals surface area contributed by atoms with Crippen molar-refractivity contribution in [2.45, 2.75) is 37.1 Å². The van der Waals surface area contributed by atoms with Crippen molar-refractivity contribution in [2.75, 3.05) is 26.2 Å². The molecule has 174 valence electrons. The summed E-state index contributed by atoms with van der Waals surface area (Å²) in [5.74, 6) is -3.68. The Morgan fingerprint density at radius 3 is 2.34 bits per heavy atom. The van der Waals surface area contributed by atoms with Crippen LogP contribution in [0.5, 0.6) is 0 Å². The van der Waals surface area contributed by atoms with Crippen LogP contribution in [0.1, 0.15) is 24.0 Å². The third-order valence-electron chi connectivity index (χ3n) is 5.47. The number of sulfonamides is 1. The van der Waals surface area contributed by atoms with E-state index in [0.717, 1.165) is 11.6 Å². The lowest BCUT2D eigenvalue weighted by atomic mass is 10.0. The van der Waals surface area contributed by atoms with Gasteiger partial charge in [0.2, 0.25) is 15.9 Å². The summed E-state index contributed by atoms with van der Waals surface area (Å²) < 4.78 is 67.4. The van der Waals surface area contributed by atoms with E-state index in [1.54, 1.807) is 24.3 Å². The Labute approximate surface area is 185 Å². The maximum atomic E-state index is 13.8. The van der Waals surface area contributed by atoms with Gasteiger partial charge >= 0.3 is 0 Å². The number of hydrogen-bond donors (Lipinski definition) is 1. The number of hydrogen-bond acceptors (Lipinski definition) is 4. The van der Waals surface area contributed by atoms with Gasteiger partial charge in [-0.25, -0.2) is 21.6 Å². The highest BCUT2D eigenvalue weighted by atomic mass is 32.2. The summed E-state index contributed by atoms with van der Waals surface area (Å²) in [6, 6.07) is 7.00. The molecule has 1 saturated heterocycles. The summed E-state index contributed by atoms with van der Waals surface area (Å²) in [5.41, 5.74) is 6.81. The highest BCUT2D eigenvalue weighted by Crippen LogP contribution is 2.19. The van der Waals surface area contributed by atoms with Crippen LogP contribution in [-0.2, 0) is 21.2 Å². The molecule has 2 aromatic rings. The summed E-state index contributed by atoms with van der Waals surface area (Å²) in [6.45, 7) is 2.87. The molecule has 0 aromatic heterocycles. The molecule has 0 spiro atoms. The lowest BCUT2D eigenvalue weighted by Gasteiger charge is -2.23. The van der Waals surface area contributed by atoms with Crippen LogP contribution in [0, 0.1) is 24.4 Å². The van der Waals surface area contributed by atoms with Crippen molar-refractivity contribution < 1.29 is 26.4 Å². The summed E-state index contributed by atoms with van der Waals surface area (Å²) in [7, 11) is -3.66. The second-order valence-electron chi connectivity index (χ2n) is 7.98. The second kappa shape index (κ2) is 10.0.